The van der Waals surface area contributed by atoms with Gasteiger partial charge < -0.3 is 14.5 Å². The van der Waals surface area contributed by atoms with Gasteiger partial charge in [0.15, 0.2) is 0 Å². The van der Waals surface area contributed by atoms with Crippen molar-refractivity contribution in [2.45, 2.75) is 12.8 Å². The van der Waals surface area contributed by atoms with E-state index in [1.165, 1.54) is 0 Å². The number of benzene rings is 1. The average molecular weight is 422 g/mol. The molecule has 1 aromatic carbocycles. The Hall–Kier alpha value is -3.75. The first-order chi connectivity index (χ1) is 15.0. The number of likely N-dealkylation sites (tertiary alicyclic amines) is 1. The van der Waals surface area contributed by atoms with Gasteiger partial charge in [0.1, 0.15) is 18.0 Å². The van der Waals surface area contributed by atoms with Crippen LogP contribution in [-0.4, -0.2) is 76.0 Å². The minimum Gasteiger partial charge on any atom is -0.456 e. The van der Waals surface area contributed by atoms with Crippen LogP contribution in [0.2, 0.25) is 0 Å². The summed E-state index contributed by atoms with van der Waals surface area (Å²) in [5.41, 5.74) is 0.534. The molecule has 9 heteroatoms. The highest BCUT2D eigenvalue weighted by molar-refractivity contribution is 6.04. The molecule has 2 aromatic rings. The number of pyridine rings is 1. The van der Waals surface area contributed by atoms with E-state index in [1.807, 2.05) is 0 Å². The van der Waals surface area contributed by atoms with Crippen LogP contribution in [0.1, 0.15) is 23.2 Å². The molecule has 0 unspecified atom stereocenters. The molecule has 0 radical (unpaired) electrons. The lowest BCUT2D eigenvalue weighted by atomic mass is 10.1. The van der Waals surface area contributed by atoms with Crippen LogP contribution < -0.4 is 4.74 Å². The fraction of sp³-hybridized carbons (Fsp3) is 0.318. The molecule has 4 rings (SSSR count). The zero-order chi connectivity index (χ0) is 21.8. The second-order valence-electron chi connectivity index (χ2n) is 7.36. The van der Waals surface area contributed by atoms with E-state index in [0.717, 1.165) is 4.90 Å². The van der Waals surface area contributed by atoms with Crippen LogP contribution in [-0.2, 0) is 14.4 Å². The van der Waals surface area contributed by atoms with Crippen molar-refractivity contribution in [3.63, 3.8) is 0 Å². The maximum atomic E-state index is 12.8. The number of rotatable bonds is 5. The number of nitrogens with zero attached hydrogens (tertiary/aromatic N) is 4. The van der Waals surface area contributed by atoms with E-state index in [2.05, 4.69) is 4.98 Å². The van der Waals surface area contributed by atoms with Crippen molar-refractivity contribution in [2.24, 2.45) is 0 Å². The lowest BCUT2D eigenvalue weighted by Gasteiger charge is -2.35. The molecule has 31 heavy (non-hydrogen) atoms. The Kier molecular flexibility index (Phi) is 5.92. The van der Waals surface area contributed by atoms with E-state index >= 15 is 0 Å². The van der Waals surface area contributed by atoms with Crippen LogP contribution in [0.25, 0.3) is 0 Å². The van der Waals surface area contributed by atoms with Gasteiger partial charge in [0.2, 0.25) is 17.7 Å². The summed E-state index contributed by atoms with van der Waals surface area (Å²) in [6.07, 6.45) is 3.60. The molecule has 0 aliphatic carbocycles. The minimum atomic E-state index is -0.303. The Labute approximate surface area is 179 Å². The van der Waals surface area contributed by atoms with Crippen molar-refractivity contribution in [3.05, 3.63) is 54.4 Å². The molecule has 4 amide bonds. The first-order valence-electron chi connectivity index (χ1n) is 10.1. The van der Waals surface area contributed by atoms with E-state index in [1.54, 1.807) is 58.6 Å². The molecule has 2 aliphatic rings. The topological polar surface area (TPSA) is 100 Å². The fourth-order valence-electron chi connectivity index (χ4n) is 3.59. The van der Waals surface area contributed by atoms with Crippen molar-refractivity contribution in [2.75, 3.05) is 32.7 Å². The largest absolute Gasteiger partial charge is 0.456 e. The number of hydrogen-bond donors (Lipinski definition) is 0. The summed E-state index contributed by atoms with van der Waals surface area (Å²) in [5.74, 6) is 0.217. The van der Waals surface area contributed by atoms with Gasteiger partial charge >= 0.3 is 0 Å². The summed E-state index contributed by atoms with van der Waals surface area (Å²) in [5, 5.41) is 0. The highest BCUT2D eigenvalue weighted by Gasteiger charge is 2.33. The number of piperazine rings is 1. The van der Waals surface area contributed by atoms with Gasteiger partial charge in [-0.05, 0) is 36.4 Å². The van der Waals surface area contributed by atoms with E-state index in [-0.39, 0.29) is 43.0 Å². The molecule has 1 aromatic heterocycles. The molecule has 3 heterocycles. The number of ether oxygens (including phenoxy) is 1. The second kappa shape index (κ2) is 8.95. The molecule has 0 spiro atoms. The highest BCUT2D eigenvalue weighted by atomic mass is 16.5. The Morgan fingerprint density at radius 3 is 2.13 bits per heavy atom. The fourth-order valence-corrected chi connectivity index (χ4v) is 3.59. The monoisotopic (exact) mass is 422 g/mol. The standard InChI is InChI=1S/C22H22N4O5/c27-19-7-8-20(28)26(19)15-21(29)24-10-12-25(13-11-24)22(30)16-3-5-17(6-4-16)31-18-2-1-9-23-14-18/h1-6,9,14H,7-8,10-13,15H2. The molecule has 0 saturated carbocycles. The summed E-state index contributed by atoms with van der Waals surface area (Å²) < 4.78 is 5.69. The summed E-state index contributed by atoms with van der Waals surface area (Å²) in [7, 11) is 0. The second-order valence-corrected chi connectivity index (χ2v) is 7.36. The molecule has 2 aliphatic heterocycles. The van der Waals surface area contributed by atoms with Gasteiger partial charge in [0.05, 0.1) is 6.20 Å². The Balaban J connectivity index is 1.29. The number of carbonyl (C=O) groups is 4. The summed E-state index contributed by atoms with van der Waals surface area (Å²) in [6, 6.07) is 10.4. The number of aromatic nitrogens is 1. The lowest BCUT2D eigenvalue weighted by Crippen LogP contribution is -2.53. The lowest BCUT2D eigenvalue weighted by molar-refractivity contribution is -0.146. The van der Waals surface area contributed by atoms with E-state index in [0.29, 0.717) is 43.2 Å². The van der Waals surface area contributed by atoms with Gasteiger partial charge in [-0.15, -0.1) is 0 Å². The van der Waals surface area contributed by atoms with E-state index in [9.17, 15) is 19.2 Å². The number of amides is 4. The van der Waals surface area contributed by atoms with Gasteiger partial charge in [0, 0.05) is 50.8 Å². The first kappa shape index (κ1) is 20.5. The number of carbonyl (C=O) groups excluding carboxylic acids is 4. The van der Waals surface area contributed by atoms with Crippen molar-refractivity contribution in [1.82, 2.24) is 19.7 Å². The Bertz CT molecular complexity index is 969. The van der Waals surface area contributed by atoms with Crippen molar-refractivity contribution >= 4 is 23.6 Å². The third-order valence-corrected chi connectivity index (χ3v) is 5.34. The summed E-state index contributed by atoms with van der Waals surface area (Å²) in [4.78, 5) is 56.9. The molecule has 2 saturated heterocycles. The van der Waals surface area contributed by atoms with Gasteiger partial charge in [-0.1, -0.05) is 0 Å². The number of hydrogen-bond acceptors (Lipinski definition) is 6. The average Bonchev–Trinajstić information content (AvgIpc) is 3.12. The summed E-state index contributed by atoms with van der Waals surface area (Å²) >= 11 is 0. The predicted octanol–water partition coefficient (Wildman–Crippen LogP) is 1.31. The van der Waals surface area contributed by atoms with Crippen LogP contribution in [0.15, 0.2) is 48.8 Å². The van der Waals surface area contributed by atoms with Crippen molar-refractivity contribution in [3.8, 4) is 11.5 Å². The normalized spacial score (nSPS) is 16.6. The van der Waals surface area contributed by atoms with Gasteiger partial charge in [-0.25, -0.2) is 0 Å². The van der Waals surface area contributed by atoms with Crippen LogP contribution in [0, 0.1) is 0 Å². The third kappa shape index (κ3) is 4.71. The van der Waals surface area contributed by atoms with Crippen molar-refractivity contribution in [1.29, 1.82) is 0 Å². The highest BCUT2D eigenvalue weighted by Crippen LogP contribution is 2.21. The number of imide groups is 1. The smallest absolute Gasteiger partial charge is 0.253 e. The zero-order valence-electron chi connectivity index (χ0n) is 16.9. The molecular weight excluding hydrogens is 400 g/mol. The van der Waals surface area contributed by atoms with E-state index in [4.69, 9.17) is 4.74 Å². The zero-order valence-corrected chi connectivity index (χ0v) is 16.9. The SMILES string of the molecule is O=C(CN1C(=O)CCC1=O)N1CCN(C(=O)c2ccc(Oc3cccnc3)cc2)CC1. The van der Waals surface area contributed by atoms with Gasteiger partial charge in [-0.2, -0.15) is 0 Å². The molecular formula is C22H22N4O5. The van der Waals surface area contributed by atoms with Crippen LogP contribution in [0.5, 0.6) is 11.5 Å². The first-order valence-corrected chi connectivity index (χ1v) is 10.1. The van der Waals surface area contributed by atoms with Gasteiger partial charge in [0.25, 0.3) is 5.91 Å². The van der Waals surface area contributed by atoms with Crippen LogP contribution in [0.3, 0.4) is 0 Å². The molecule has 0 N–H and O–H groups in total. The molecule has 160 valence electrons. The van der Waals surface area contributed by atoms with Gasteiger partial charge in [-0.3, -0.25) is 29.1 Å². The summed E-state index contributed by atoms with van der Waals surface area (Å²) in [6.45, 7) is 1.29. The molecule has 2 fully saturated rings. The predicted molar refractivity (Wildman–Crippen MR) is 109 cm³/mol. The Morgan fingerprint density at radius 1 is 0.871 bits per heavy atom. The molecule has 0 atom stereocenters. The molecule has 0 bridgehead atoms. The van der Waals surface area contributed by atoms with Crippen molar-refractivity contribution < 1.29 is 23.9 Å². The molecule has 9 nitrogen and oxygen atoms in total. The maximum absolute atomic E-state index is 12.8. The minimum absolute atomic E-state index is 0.120. The van der Waals surface area contributed by atoms with Crippen LogP contribution >= 0.6 is 0 Å². The third-order valence-electron chi connectivity index (χ3n) is 5.34. The Morgan fingerprint density at radius 2 is 1.52 bits per heavy atom. The van der Waals surface area contributed by atoms with Crippen LogP contribution in [0.4, 0.5) is 0 Å². The quantitative estimate of drug-likeness (QED) is 0.674. The van der Waals surface area contributed by atoms with E-state index < -0.39 is 0 Å². The maximum Gasteiger partial charge on any atom is 0.253 e.